The molecule has 0 aromatic heterocycles. The van der Waals surface area contributed by atoms with Crippen LogP contribution in [0.25, 0.3) is 0 Å². The summed E-state index contributed by atoms with van der Waals surface area (Å²) in [6.45, 7) is 1.36. The predicted octanol–water partition coefficient (Wildman–Crippen LogP) is 0.749. The van der Waals surface area contributed by atoms with Crippen molar-refractivity contribution in [3.63, 3.8) is 0 Å². The lowest BCUT2D eigenvalue weighted by Crippen LogP contribution is -2.17. The van der Waals surface area contributed by atoms with Crippen LogP contribution in [0.1, 0.15) is 6.92 Å². The summed E-state index contributed by atoms with van der Waals surface area (Å²) in [6.07, 6.45) is -0.972. The third-order valence-corrected chi connectivity index (χ3v) is 3.78. The Hall–Kier alpha value is -1.47. The van der Waals surface area contributed by atoms with E-state index in [-0.39, 0.29) is 10.6 Å². The second-order valence-corrected chi connectivity index (χ2v) is 5.42. The summed E-state index contributed by atoms with van der Waals surface area (Å²) in [5.41, 5.74) is -0.170. The molecular weight excluding hydrogens is 234 g/mol. The fourth-order valence-electron chi connectivity index (χ4n) is 1.19. The van der Waals surface area contributed by atoms with E-state index in [1.807, 2.05) is 0 Å². The van der Waals surface area contributed by atoms with Crippen molar-refractivity contribution in [1.82, 2.24) is 0 Å². The Balaban J connectivity index is 3.02. The summed E-state index contributed by atoms with van der Waals surface area (Å²) in [5.74, 6) is -0.398. The van der Waals surface area contributed by atoms with Gasteiger partial charge in [-0.3, -0.25) is 10.1 Å². The highest BCUT2D eigenvalue weighted by atomic mass is 32.2. The average molecular weight is 245 g/mol. The average Bonchev–Trinajstić information content (AvgIpc) is 2.16. The molecule has 88 valence electrons. The maximum absolute atomic E-state index is 11.6. The van der Waals surface area contributed by atoms with Crippen molar-refractivity contribution in [3.8, 4) is 0 Å². The molecule has 0 bridgehead atoms. The Morgan fingerprint density at radius 3 is 2.25 bits per heavy atom. The van der Waals surface area contributed by atoms with E-state index >= 15 is 0 Å². The fraction of sp³-hybridized carbons (Fsp3) is 0.333. The van der Waals surface area contributed by atoms with Crippen molar-refractivity contribution in [2.75, 3.05) is 5.75 Å². The van der Waals surface area contributed by atoms with E-state index in [0.717, 1.165) is 24.3 Å². The van der Waals surface area contributed by atoms with E-state index in [9.17, 15) is 18.5 Å². The number of hydrogen-bond acceptors (Lipinski definition) is 5. The molecule has 0 fully saturated rings. The van der Waals surface area contributed by atoms with Crippen LogP contribution < -0.4 is 0 Å². The highest BCUT2D eigenvalue weighted by Crippen LogP contribution is 2.17. The van der Waals surface area contributed by atoms with Gasteiger partial charge in [-0.15, -0.1) is 0 Å². The molecule has 0 aliphatic rings. The van der Waals surface area contributed by atoms with E-state index < -0.39 is 26.6 Å². The number of nitro benzene ring substituents is 1. The fourth-order valence-corrected chi connectivity index (χ4v) is 2.57. The van der Waals surface area contributed by atoms with Crippen molar-refractivity contribution in [3.05, 3.63) is 34.4 Å². The Morgan fingerprint density at radius 2 is 1.88 bits per heavy atom. The molecule has 6 nitrogen and oxygen atoms in total. The zero-order chi connectivity index (χ0) is 12.3. The molecule has 0 heterocycles. The summed E-state index contributed by atoms with van der Waals surface area (Å²) in [4.78, 5) is 9.72. The van der Waals surface area contributed by atoms with Crippen LogP contribution in [-0.4, -0.2) is 30.3 Å². The number of benzene rings is 1. The first-order valence-corrected chi connectivity index (χ1v) is 6.13. The van der Waals surface area contributed by atoms with Gasteiger partial charge in [-0.05, 0) is 19.1 Å². The van der Waals surface area contributed by atoms with E-state index in [1.165, 1.54) is 6.92 Å². The highest BCUT2D eigenvalue weighted by Gasteiger charge is 2.18. The van der Waals surface area contributed by atoms with E-state index in [0.29, 0.717) is 0 Å². The molecule has 1 rings (SSSR count). The molecule has 1 aromatic carbocycles. The zero-order valence-corrected chi connectivity index (χ0v) is 9.35. The van der Waals surface area contributed by atoms with Crippen LogP contribution in [0, 0.1) is 10.1 Å². The Morgan fingerprint density at radius 1 is 1.38 bits per heavy atom. The number of rotatable bonds is 4. The zero-order valence-electron chi connectivity index (χ0n) is 8.53. The van der Waals surface area contributed by atoms with Crippen molar-refractivity contribution >= 4 is 15.5 Å². The summed E-state index contributed by atoms with van der Waals surface area (Å²) in [7, 11) is -3.57. The molecule has 7 heteroatoms. The van der Waals surface area contributed by atoms with Gasteiger partial charge in [0.1, 0.15) is 0 Å². The monoisotopic (exact) mass is 245 g/mol. The number of aliphatic hydroxyl groups is 1. The summed E-state index contributed by atoms with van der Waals surface area (Å²) >= 11 is 0. The second kappa shape index (κ2) is 4.58. The normalized spacial score (nSPS) is 13.4. The van der Waals surface area contributed by atoms with Gasteiger partial charge >= 0.3 is 0 Å². The summed E-state index contributed by atoms with van der Waals surface area (Å²) < 4.78 is 23.2. The van der Waals surface area contributed by atoms with Crippen molar-refractivity contribution in [2.45, 2.75) is 17.9 Å². The van der Waals surface area contributed by atoms with E-state index in [4.69, 9.17) is 5.11 Å². The molecule has 0 amide bonds. The van der Waals surface area contributed by atoms with E-state index in [1.54, 1.807) is 0 Å². The topological polar surface area (TPSA) is 97.5 Å². The smallest absolute Gasteiger partial charge is 0.269 e. The molecule has 0 saturated heterocycles. The molecule has 0 saturated carbocycles. The van der Waals surface area contributed by atoms with Crippen LogP contribution in [0.2, 0.25) is 0 Å². The second-order valence-electron chi connectivity index (χ2n) is 3.38. The third-order valence-electron chi connectivity index (χ3n) is 1.87. The minimum Gasteiger partial charge on any atom is -0.392 e. The Kier molecular flexibility index (Phi) is 3.61. The minimum absolute atomic E-state index is 0.0287. The number of hydrogen-bond donors (Lipinski definition) is 1. The number of non-ortho nitro benzene ring substituents is 1. The van der Waals surface area contributed by atoms with Crippen molar-refractivity contribution < 1.29 is 18.4 Å². The first-order chi connectivity index (χ1) is 7.33. The lowest BCUT2D eigenvalue weighted by molar-refractivity contribution is -0.384. The van der Waals surface area contributed by atoms with Crippen molar-refractivity contribution in [2.24, 2.45) is 0 Å². The number of aliphatic hydroxyl groups excluding tert-OH is 1. The third kappa shape index (κ3) is 3.01. The maximum Gasteiger partial charge on any atom is 0.269 e. The van der Waals surface area contributed by atoms with Gasteiger partial charge in [0.2, 0.25) is 0 Å². The standard InChI is InChI=1S/C9H11NO5S/c1-7(11)6-16(14,15)9-4-2-8(3-5-9)10(12)13/h2-5,7,11H,6H2,1H3. The van der Waals surface area contributed by atoms with E-state index in [2.05, 4.69) is 0 Å². The molecule has 0 radical (unpaired) electrons. The van der Waals surface area contributed by atoms with Crippen LogP contribution in [0.5, 0.6) is 0 Å². The van der Waals surface area contributed by atoms with Crippen LogP contribution in [0.15, 0.2) is 29.2 Å². The quantitative estimate of drug-likeness (QED) is 0.623. The first kappa shape index (κ1) is 12.6. The van der Waals surface area contributed by atoms with Gasteiger partial charge in [-0.2, -0.15) is 0 Å². The van der Waals surface area contributed by atoms with Gasteiger partial charge in [0.05, 0.1) is 21.7 Å². The molecule has 1 atom stereocenters. The lowest BCUT2D eigenvalue weighted by Gasteiger charge is -2.05. The van der Waals surface area contributed by atoms with Crippen molar-refractivity contribution in [1.29, 1.82) is 0 Å². The number of nitro groups is 1. The summed E-state index contributed by atoms with van der Waals surface area (Å²) in [6, 6.07) is 4.57. The minimum atomic E-state index is -3.57. The van der Waals surface area contributed by atoms with Gasteiger partial charge in [0.15, 0.2) is 9.84 Å². The van der Waals surface area contributed by atoms with Gasteiger partial charge in [0.25, 0.3) is 5.69 Å². The van der Waals surface area contributed by atoms with Crippen LogP contribution >= 0.6 is 0 Å². The molecular formula is C9H11NO5S. The van der Waals surface area contributed by atoms with Crippen LogP contribution in [0.3, 0.4) is 0 Å². The predicted molar refractivity (Wildman–Crippen MR) is 56.8 cm³/mol. The molecule has 1 N–H and O–H groups in total. The van der Waals surface area contributed by atoms with Gasteiger partial charge in [-0.1, -0.05) is 0 Å². The molecule has 0 aliphatic carbocycles. The first-order valence-electron chi connectivity index (χ1n) is 4.48. The van der Waals surface area contributed by atoms with Gasteiger partial charge < -0.3 is 5.11 Å². The largest absolute Gasteiger partial charge is 0.392 e. The molecule has 0 spiro atoms. The van der Waals surface area contributed by atoms with Crippen LogP contribution in [-0.2, 0) is 9.84 Å². The molecule has 0 aliphatic heterocycles. The Labute approximate surface area is 92.6 Å². The molecule has 16 heavy (non-hydrogen) atoms. The summed E-state index contributed by atoms with van der Waals surface area (Å²) in [5, 5.41) is 19.4. The van der Waals surface area contributed by atoms with Gasteiger partial charge in [0, 0.05) is 12.1 Å². The maximum atomic E-state index is 11.6. The van der Waals surface area contributed by atoms with Crippen LogP contribution in [0.4, 0.5) is 5.69 Å². The molecule has 1 aromatic rings. The molecule has 1 unspecified atom stereocenters. The lowest BCUT2D eigenvalue weighted by atomic mass is 10.3. The highest BCUT2D eigenvalue weighted by molar-refractivity contribution is 7.91. The Bertz CT molecular complexity index is 477. The van der Waals surface area contributed by atoms with Gasteiger partial charge in [-0.25, -0.2) is 8.42 Å². The number of nitrogens with zero attached hydrogens (tertiary/aromatic N) is 1. The SMILES string of the molecule is CC(O)CS(=O)(=O)c1ccc([N+](=O)[O-])cc1. The number of sulfone groups is 1.